The Kier molecular flexibility index (Phi) is 3.52. The number of amides is 1. The van der Waals surface area contributed by atoms with Gasteiger partial charge in [0, 0.05) is 29.2 Å². The summed E-state index contributed by atoms with van der Waals surface area (Å²) in [6.07, 6.45) is 0.699. The first kappa shape index (κ1) is 7.34. The van der Waals surface area contributed by atoms with Crippen molar-refractivity contribution in [2.45, 2.75) is 6.42 Å². The zero-order valence-corrected chi connectivity index (χ0v) is 5.29. The quantitative estimate of drug-likeness (QED) is 0.410. The second-order valence-electron chi connectivity index (χ2n) is 1.12. The van der Waals surface area contributed by atoms with Crippen LogP contribution in [0.3, 0.4) is 0 Å². The number of hydrogen-bond acceptors (Lipinski definition) is 2. The fraction of sp³-hybridized carbons (Fsp3) is 0.667. The SMILES string of the molecule is O=C1CCSN1.[Cu]. The first-order chi connectivity index (χ1) is 2.89. The third-order valence-corrected chi connectivity index (χ3v) is 1.40. The summed E-state index contributed by atoms with van der Waals surface area (Å²) in [6, 6.07) is 0. The molecule has 1 heterocycles. The summed E-state index contributed by atoms with van der Waals surface area (Å²) in [5.74, 6) is 1.11. The summed E-state index contributed by atoms with van der Waals surface area (Å²) in [5, 5.41) is 0. The van der Waals surface area contributed by atoms with Crippen molar-refractivity contribution in [2.75, 3.05) is 5.75 Å². The van der Waals surface area contributed by atoms with Gasteiger partial charge in [-0.1, -0.05) is 0 Å². The second-order valence-corrected chi connectivity index (χ2v) is 2.02. The molecule has 1 N–H and O–H groups in total. The molecule has 0 atom stereocenters. The third kappa shape index (κ3) is 2.22. The molecule has 4 heteroatoms. The molecule has 7 heavy (non-hydrogen) atoms. The van der Waals surface area contributed by atoms with Gasteiger partial charge in [-0.3, -0.25) is 4.79 Å². The van der Waals surface area contributed by atoms with Crippen LogP contribution in [0.15, 0.2) is 0 Å². The minimum Gasteiger partial charge on any atom is -0.300 e. The van der Waals surface area contributed by atoms with Crippen LogP contribution >= 0.6 is 11.9 Å². The van der Waals surface area contributed by atoms with E-state index < -0.39 is 0 Å². The van der Waals surface area contributed by atoms with Gasteiger partial charge in [0.05, 0.1) is 0 Å². The van der Waals surface area contributed by atoms with Gasteiger partial charge >= 0.3 is 0 Å². The third-order valence-electron chi connectivity index (χ3n) is 0.617. The molecule has 0 aromatic heterocycles. The Labute approximate surface area is 57.0 Å². The molecular weight excluding hydrogens is 162 g/mol. The van der Waals surface area contributed by atoms with E-state index in [4.69, 9.17) is 0 Å². The van der Waals surface area contributed by atoms with E-state index in [1.54, 1.807) is 0 Å². The van der Waals surface area contributed by atoms with Crippen molar-refractivity contribution in [1.82, 2.24) is 4.72 Å². The standard InChI is InChI=1S/C3H5NOS.Cu/c5-3-1-2-6-4-3;/h1-2H2,(H,4,5);. The molecule has 1 amide bonds. The number of hydrogen-bond donors (Lipinski definition) is 1. The molecule has 1 saturated heterocycles. The number of carbonyl (C=O) groups excluding carboxylic acids is 1. The van der Waals surface area contributed by atoms with Crippen LogP contribution < -0.4 is 4.72 Å². The van der Waals surface area contributed by atoms with Gasteiger partial charge in [0.2, 0.25) is 5.91 Å². The fourth-order valence-corrected chi connectivity index (χ4v) is 0.979. The maximum Gasteiger partial charge on any atom is 0.230 e. The summed E-state index contributed by atoms with van der Waals surface area (Å²) < 4.78 is 2.60. The van der Waals surface area contributed by atoms with Gasteiger partial charge in [-0.2, -0.15) is 0 Å². The minimum atomic E-state index is 0. The Bertz CT molecular complexity index is 69.3. The van der Waals surface area contributed by atoms with Crippen LogP contribution in [0.2, 0.25) is 0 Å². The van der Waals surface area contributed by atoms with E-state index in [1.165, 1.54) is 11.9 Å². The zero-order valence-electron chi connectivity index (χ0n) is 3.53. The van der Waals surface area contributed by atoms with Gasteiger partial charge in [0.25, 0.3) is 0 Å². The molecule has 0 aromatic carbocycles. The predicted molar refractivity (Wildman–Crippen MR) is 25.2 cm³/mol. The van der Waals surface area contributed by atoms with E-state index in [0.29, 0.717) is 6.42 Å². The second kappa shape index (κ2) is 3.36. The van der Waals surface area contributed by atoms with Gasteiger partial charge in [0.15, 0.2) is 0 Å². The first-order valence-electron chi connectivity index (χ1n) is 1.80. The predicted octanol–water partition coefficient (Wildman–Crippen LogP) is 0.152. The van der Waals surface area contributed by atoms with E-state index in [-0.39, 0.29) is 23.0 Å². The van der Waals surface area contributed by atoms with E-state index in [9.17, 15) is 4.79 Å². The zero-order chi connectivity index (χ0) is 4.41. The van der Waals surface area contributed by atoms with Gasteiger partial charge in [-0.25, -0.2) is 0 Å². The van der Waals surface area contributed by atoms with Crippen molar-refractivity contribution in [2.24, 2.45) is 0 Å². The molecule has 1 aliphatic rings. The Balaban J connectivity index is 0.000000360. The molecule has 2 nitrogen and oxygen atoms in total. The summed E-state index contributed by atoms with van der Waals surface area (Å²) in [6.45, 7) is 0. The summed E-state index contributed by atoms with van der Waals surface area (Å²) in [7, 11) is 0. The van der Waals surface area contributed by atoms with Crippen molar-refractivity contribution < 1.29 is 21.9 Å². The number of carbonyl (C=O) groups is 1. The largest absolute Gasteiger partial charge is 0.300 e. The van der Waals surface area contributed by atoms with E-state index in [1.807, 2.05) is 0 Å². The van der Waals surface area contributed by atoms with Crippen LogP contribution in [0.4, 0.5) is 0 Å². The fourth-order valence-electron chi connectivity index (χ4n) is 0.326. The van der Waals surface area contributed by atoms with E-state index in [0.717, 1.165) is 5.75 Å². The van der Waals surface area contributed by atoms with Gasteiger partial charge in [0.1, 0.15) is 0 Å². The van der Waals surface area contributed by atoms with Gasteiger partial charge in [-0.15, -0.1) is 0 Å². The molecule has 1 rings (SSSR count). The summed E-state index contributed by atoms with van der Waals surface area (Å²) in [5.41, 5.74) is 0. The van der Waals surface area contributed by atoms with Gasteiger partial charge < -0.3 is 4.72 Å². The topological polar surface area (TPSA) is 29.1 Å². The van der Waals surface area contributed by atoms with E-state index >= 15 is 0 Å². The van der Waals surface area contributed by atoms with Crippen LogP contribution in [-0.4, -0.2) is 11.7 Å². The molecule has 45 valence electrons. The van der Waals surface area contributed by atoms with E-state index in [2.05, 4.69) is 4.72 Å². The number of nitrogens with one attached hydrogen (secondary N) is 1. The van der Waals surface area contributed by atoms with Crippen molar-refractivity contribution in [1.29, 1.82) is 0 Å². The van der Waals surface area contributed by atoms with Crippen molar-refractivity contribution in [3.05, 3.63) is 0 Å². The number of rotatable bonds is 0. The Morgan fingerprint density at radius 1 is 1.71 bits per heavy atom. The van der Waals surface area contributed by atoms with Crippen molar-refractivity contribution >= 4 is 17.9 Å². The molecule has 0 saturated carbocycles. The molecular formula is C3H5CuNOS. The van der Waals surface area contributed by atoms with Crippen LogP contribution in [-0.2, 0) is 21.9 Å². The molecule has 0 bridgehead atoms. The maximum atomic E-state index is 10.1. The van der Waals surface area contributed by atoms with Gasteiger partial charge in [-0.05, 0) is 11.9 Å². The molecule has 0 spiro atoms. The molecule has 1 fully saturated rings. The summed E-state index contributed by atoms with van der Waals surface area (Å²) >= 11 is 1.48. The Hall–Kier alpha value is 0.339. The van der Waals surface area contributed by atoms with Crippen LogP contribution in [0.25, 0.3) is 0 Å². The minimum absolute atomic E-state index is 0. The average Bonchev–Trinajstić information content (AvgIpc) is 1.86. The van der Waals surface area contributed by atoms with Crippen LogP contribution in [0.1, 0.15) is 6.42 Å². The smallest absolute Gasteiger partial charge is 0.230 e. The Morgan fingerprint density at radius 2 is 2.43 bits per heavy atom. The van der Waals surface area contributed by atoms with Crippen molar-refractivity contribution in [3.63, 3.8) is 0 Å². The first-order valence-corrected chi connectivity index (χ1v) is 2.79. The maximum absolute atomic E-state index is 10.1. The normalized spacial score (nSPS) is 18.0. The molecule has 0 aromatic rings. The average molecular weight is 167 g/mol. The van der Waals surface area contributed by atoms with Crippen LogP contribution in [0, 0.1) is 0 Å². The summed E-state index contributed by atoms with van der Waals surface area (Å²) in [4.78, 5) is 10.1. The molecule has 1 aliphatic heterocycles. The molecule has 0 aliphatic carbocycles. The molecule has 1 radical (unpaired) electrons. The van der Waals surface area contributed by atoms with Crippen LogP contribution in [0.5, 0.6) is 0 Å². The monoisotopic (exact) mass is 166 g/mol. The van der Waals surface area contributed by atoms with Crippen molar-refractivity contribution in [3.8, 4) is 0 Å². The molecule has 0 unspecified atom stereocenters. The Morgan fingerprint density at radius 3 is 2.57 bits per heavy atom.